The van der Waals surface area contributed by atoms with Crippen LogP contribution in [0.2, 0.25) is 0 Å². The van der Waals surface area contributed by atoms with E-state index in [0.29, 0.717) is 13.1 Å². The molecule has 1 N–H and O–H groups in total. The number of nitrogens with zero attached hydrogens (tertiary/aromatic N) is 1. The summed E-state index contributed by atoms with van der Waals surface area (Å²) >= 11 is 0. The van der Waals surface area contributed by atoms with E-state index in [2.05, 4.69) is 0 Å². The van der Waals surface area contributed by atoms with Crippen molar-refractivity contribution in [2.75, 3.05) is 19.3 Å². The molecular weight excluding hydrogens is 190 g/mol. The Hall–Kier alpha value is -0.130. The van der Waals surface area contributed by atoms with Crippen LogP contribution in [0.25, 0.3) is 0 Å². The van der Waals surface area contributed by atoms with Crippen molar-refractivity contribution >= 4 is 10.0 Å². The Kier molecular flexibility index (Phi) is 3.32. The van der Waals surface area contributed by atoms with Crippen molar-refractivity contribution in [3.05, 3.63) is 0 Å². The molecule has 1 heterocycles. The Morgan fingerprint density at radius 2 is 1.85 bits per heavy atom. The largest absolute Gasteiger partial charge is 0.393 e. The van der Waals surface area contributed by atoms with Crippen molar-refractivity contribution in [3.63, 3.8) is 0 Å². The lowest BCUT2D eigenvalue weighted by Crippen LogP contribution is -2.40. The van der Waals surface area contributed by atoms with Crippen molar-refractivity contribution in [1.82, 2.24) is 4.31 Å². The van der Waals surface area contributed by atoms with Gasteiger partial charge in [-0.3, -0.25) is 0 Å². The summed E-state index contributed by atoms with van der Waals surface area (Å²) in [7, 11) is -3.02. The second kappa shape index (κ2) is 3.94. The highest BCUT2D eigenvalue weighted by molar-refractivity contribution is 7.88. The molecule has 13 heavy (non-hydrogen) atoms. The summed E-state index contributed by atoms with van der Waals surface area (Å²) in [5.41, 5.74) is 0. The van der Waals surface area contributed by atoms with Crippen LogP contribution in [-0.2, 0) is 10.0 Å². The first-order valence-corrected chi connectivity index (χ1v) is 6.39. The highest BCUT2D eigenvalue weighted by Gasteiger charge is 2.26. The van der Waals surface area contributed by atoms with Gasteiger partial charge in [0.1, 0.15) is 0 Å². The van der Waals surface area contributed by atoms with Gasteiger partial charge in [-0.1, -0.05) is 0 Å². The molecule has 78 valence electrons. The number of aliphatic hydroxyl groups excluding tert-OH is 1. The Morgan fingerprint density at radius 3 is 2.15 bits per heavy atom. The van der Waals surface area contributed by atoms with Gasteiger partial charge in [0.05, 0.1) is 12.4 Å². The van der Waals surface area contributed by atoms with Crippen LogP contribution in [0.3, 0.4) is 0 Å². The van der Waals surface area contributed by atoms with Gasteiger partial charge in [0.25, 0.3) is 0 Å². The number of piperidine rings is 1. The van der Waals surface area contributed by atoms with E-state index >= 15 is 0 Å². The molecule has 0 aromatic rings. The summed E-state index contributed by atoms with van der Waals surface area (Å²) < 4.78 is 23.7. The van der Waals surface area contributed by atoms with E-state index in [1.54, 1.807) is 6.92 Å². The Morgan fingerprint density at radius 1 is 1.38 bits per heavy atom. The molecule has 1 unspecified atom stereocenters. The predicted octanol–water partition coefficient (Wildman–Crippen LogP) is 0.0388. The van der Waals surface area contributed by atoms with E-state index < -0.39 is 10.0 Å². The van der Waals surface area contributed by atoms with Gasteiger partial charge in [-0.25, -0.2) is 12.7 Å². The van der Waals surface area contributed by atoms with Gasteiger partial charge < -0.3 is 5.11 Å². The average Bonchev–Trinajstić information content (AvgIpc) is 2.03. The van der Waals surface area contributed by atoms with Crippen LogP contribution in [0.1, 0.15) is 19.8 Å². The molecule has 1 fully saturated rings. The molecule has 1 saturated heterocycles. The van der Waals surface area contributed by atoms with E-state index in [0.717, 1.165) is 12.8 Å². The molecule has 1 aliphatic rings. The molecule has 1 aliphatic heterocycles. The first-order valence-electron chi connectivity index (χ1n) is 4.54. The van der Waals surface area contributed by atoms with E-state index in [-0.39, 0.29) is 12.0 Å². The van der Waals surface area contributed by atoms with Gasteiger partial charge in [-0.05, 0) is 25.7 Å². The average molecular weight is 207 g/mol. The van der Waals surface area contributed by atoms with Crippen LogP contribution in [-0.4, -0.2) is 43.3 Å². The second-order valence-electron chi connectivity index (χ2n) is 3.74. The molecule has 0 amide bonds. The molecule has 1 rings (SSSR count). The van der Waals surface area contributed by atoms with E-state index in [4.69, 9.17) is 0 Å². The summed E-state index contributed by atoms with van der Waals surface area (Å²) in [6, 6.07) is 0. The highest BCUT2D eigenvalue weighted by atomic mass is 32.2. The molecule has 1 atom stereocenters. The number of hydrogen-bond donors (Lipinski definition) is 1. The highest BCUT2D eigenvalue weighted by Crippen LogP contribution is 2.21. The summed E-state index contributed by atoms with van der Waals surface area (Å²) in [5.74, 6) is 0.262. The Balaban J connectivity index is 2.49. The summed E-state index contributed by atoms with van der Waals surface area (Å²) in [6.45, 7) is 2.86. The molecular formula is C8H17NO3S. The van der Waals surface area contributed by atoms with Gasteiger partial charge in [0, 0.05) is 13.1 Å². The van der Waals surface area contributed by atoms with Gasteiger partial charge >= 0.3 is 0 Å². The normalized spacial score (nSPS) is 24.5. The lowest BCUT2D eigenvalue weighted by atomic mass is 9.93. The van der Waals surface area contributed by atoms with Crippen LogP contribution in [0.4, 0.5) is 0 Å². The van der Waals surface area contributed by atoms with Gasteiger partial charge in [0.15, 0.2) is 0 Å². The van der Waals surface area contributed by atoms with Crippen LogP contribution >= 0.6 is 0 Å². The first-order chi connectivity index (χ1) is 5.91. The molecule has 0 aromatic heterocycles. The maximum atomic E-state index is 11.1. The maximum absolute atomic E-state index is 11.1. The molecule has 0 spiro atoms. The topological polar surface area (TPSA) is 57.6 Å². The zero-order valence-electron chi connectivity index (χ0n) is 8.10. The fourth-order valence-electron chi connectivity index (χ4n) is 1.69. The van der Waals surface area contributed by atoms with Crippen LogP contribution in [0.5, 0.6) is 0 Å². The molecule has 0 aromatic carbocycles. The van der Waals surface area contributed by atoms with E-state index in [1.165, 1.54) is 10.6 Å². The van der Waals surface area contributed by atoms with Gasteiger partial charge in [0.2, 0.25) is 10.0 Å². The third kappa shape index (κ3) is 2.93. The van der Waals surface area contributed by atoms with Gasteiger partial charge in [-0.15, -0.1) is 0 Å². The minimum Gasteiger partial charge on any atom is -0.393 e. The monoisotopic (exact) mass is 207 g/mol. The lowest BCUT2D eigenvalue weighted by Gasteiger charge is -2.31. The number of sulfonamides is 1. The van der Waals surface area contributed by atoms with Gasteiger partial charge in [-0.2, -0.15) is 0 Å². The van der Waals surface area contributed by atoms with Crippen molar-refractivity contribution in [2.24, 2.45) is 5.92 Å². The minimum absolute atomic E-state index is 0.262. The molecule has 0 saturated carbocycles. The molecule has 0 radical (unpaired) electrons. The molecule has 0 bridgehead atoms. The molecule has 5 heteroatoms. The summed E-state index contributed by atoms with van der Waals surface area (Å²) in [4.78, 5) is 0. The van der Waals surface area contributed by atoms with E-state index in [9.17, 15) is 13.5 Å². The number of hydrogen-bond acceptors (Lipinski definition) is 3. The molecule has 4 nitrogen and oxygen atoms in total. The van der Waals surface area contributed by atoms with Crippen LogP contribution in [0.15, 0.2) is 0 Å². The second-order valence-corrected chi connectivity index (χ2v) is 5.72. The smallest absolute Gasteiger partial charge is 0.211 e. The Labute approximate surface area is 79.6 Å². The lowest BCUT2D eigenvalue weighted by molar-refractivity contribution is 0.0913. The third-order valence-corrected chi connectivity index (χ3v) is 3.95. The summed E-state index contributed by atoms with van der Waals surface area (Å²) in [6.07, 6.45) is 2.45. The third-order valence-electron chi connectivity index (χ3n) is 2.65. The predicted molar refractivity (Wildman–Crippen MR) is 50.8 cm³/mol. The number of aliphatic hydroxyl groups is 1. The standard InChI is InChI=1S/C8H17NO3S/c1-7(10)8-3-5-9(6-4-8)13(2,11)12/h7-8,10H,3-6H2,1-2H3. The SMILES string of the molecule is CC(O)C1CCN(S(C)(=O)=O)CC1. The number of rotatable bonds is 2. The minimum atomic E-state index is -3.02. The zero-order valence-corrected chi connectivity index (χ0v) is 8.92. The fourth-order valence-corrected chi connectivity index (χ4v) is 2.56. The zero-order chi connectivity index (χ0) is 10.1. The van der Waals surface area contributed by atoms with Crippen molar-refractivity contribution < 1.29 is 13.5 Å². The maximum Gasteiger partial charge on any atom is 0.211 e. The van der Waals surface area contributed by atoms with Crippen LogP contribution < -0.4 is 0 Å². The molecule has 0 aliphatic carbocycles. The fraction of sp³-hybridized carbons (Fsp3) is 1.00. The summed E-state index contributed by atoms with van der Waals surface area (Å²) in [5, 5.41) is 9.30. The van der Waals surface area contributed by atoms with E-state index in [1.807, 2.05) is 0 Å². The van der Waals surface area contributed by atoms with Crippen molar-refractivity contribution in [2.45, 2.75) is 25.9 Å². The first kappa shape index (κ1) is 10.9. The van der Waals surface area contributed by atoms with Crippen molar-refractivity contribution in [1.29, 1.82) is 0 Å². The quantitative estimate of drug-likeness (QED) is 0.695. The van der Waals surface area contributed by atoms with Crippen molar-refractivity contribution in [3.8, 4) is 0 Å². The van der Waals surface area contributed by atoms with Crippen LogP contribution in [0, 0.1) is 5.92 Å². The Bertz CT molecular complexity index is 253.